The number of thiazole rings is 1. The van der Waals surface area contributed by atoms with Gasteiger partial charge in [0.05, 0.1) is 6.61 Å². The Labute approximate surface area is 83.1 Å². The molecule has 1 N–H and O–H groups in total. The quantitative estimate of drug-likeness (QED) is 0.783. The van der Waals surface area contributed by atoms with Crippen LogP contribution in [-0.2, 0) is 11.3 Å². The molecular formula is C9H16N2OS. The van der Waals surface area contributed by atoms with Crippen molar-refractivity contribution in [2.75, 3.05) is 13.7 Å². The van der Waals surface area contributed by atoms with E-state index in [0.29, 0.717) is 6.04 Å². The van der Waals surface area contributed by atoms with E-state index in [1.165, 1.54) is 0 Å². The van der Waals surface area contributed by atoms with E-state index in [-0.39, 0.29) is 0 Å². The van der Waals surface area contributed by atoms with E-state index in [1.54, 1.807) is 18.4 Å². The first-order chi connectivity index (χ1) is 6.22. The number of aryl methyl sites for hydroxylation is 1. The van der Waals surface area contributed by atoms with Crippen LogP contribution in [0.3, 0.4) is 0 Å². The number of nitrogens with zero attached hydrogens (tertiary/aromatic N) is 1. The molecule has 4 heteroatoms. The van der Waals surface area contributed by atoms with Crippen molar-refractivity contribution in [2.45, 2.75) is 26.4 Å². The maximum atomic E-state index is 5.02. The summed E-state index contributed by atoms with van der Waals surface area (Å²) in [5.74, 6) is 0. The van der Waals surface area contributed by atoms with Gasteiger partial charge in [-0.05, 0) is 13.8 Å². The molecule has 0 saturated carbocycles. The fourth-order valence-electron chi connectivity index (χ4n) is 1.05. The van der Waals surface area contributed by atoms with Gasteiger partial charge in [0.15, 0.2) is 0 Å². The maximum absolute atomic E-state index is 5.02. The highest BCUT2D eigenvalue weighted by atomic mass is 32.1. The van der Waals surface area contributed by atoms with Crippen molar-refractivity contribution >= 4 is 11.3 Å². The molecule has 0 aliphatic rings. The van der Waals surface area contributed by atoms with Crippen LogP contribution in [-0.4, -0.2) is 24.7 Å². The summed E-state index contributed by atoms with van der Waals surface area (Å²) in [4.78, 5) is 4.36. The van der Waals surface area contributed by atoms with E-state index in [4.69, 9.17) is 4.74 Å². The highest BCUT2D eigenvalue weighted by Crippen LogP contribution is 2.07. The molecule has 13 heavy (non-hydrogen) atoms. The van der Waals surface area contributed by atoms with E-state index < -0.39 is 0 Å². The number of hydrogen-bond acceptors (Lipinski definition) is 4. The standard InChI is InChI=1S/C9H16N2OS/c1-7(5-12-3)10-4-9-11-8(2)6-13-9/h6-7,10H,4-5H2,1-3H3. The van der Waals surface area contributed by atoms with Gasteiger partial charge in [0.25, 0.3) is 0 Å². The summed E-state index contributed by atoms with van der Waals surface area (Å²) in [7, 11) is 1.71. The van der Waals surface area contributed by atoms with Gasteiger partial charge in [-0.15, -0.1) is 11.3 Å². The van der Waals surface area contributed by atoms with Crippen LogP contribution in [0.5, 0.6) is 0 Å². The van der Waals surface area contributed by atoms with Crippen LogP contribution in [0, 0.1) is 6.92 Å². The summed E-state index contributed by atoms with van der Waals surface area (Å²) in [6, 6.07) is 0.384. The molecule has 0 amide bonds. The van der Waals surface area contributed by atoms with Gasteiger partial charge in [0.1, 0.15) is 5.01 Å². The van der Waals surface area contributed by atoms with Crippen molar-refractivity contribution in [3.8, 4) is 0 Å². The molecule has 1 atom stereocenters. The molecule has 1 aromatic heterocycles. The molecule has 0 fully saturated rings. The molecule has 1 aromatic rings. The molecule has 1 unspecified atom stereocenters. The van der Waals surface area contributed by atoms with Crippen LogP contribution < -0.4 is 5.32 Å². The average Bonchev–Trinajstić information content (AvgIpc) is 2.49. The number of rotatable bonds is 5. The zero-order valence-electron chi connectivity index (χ0n) is 8.33. The van der Waals surface area contributed by atoms with E-state index in [0.717, 1.165) is 23.9 Å². The summed E-state index contributed by atoms with van der Waals surface area (Å²) in [6.07, 6.45) is 0. The average molecular weight is 200 g/mol. The fourth-order valence-corrected chi connectivity index (χ4v) is 1.78. The molecule has 1 rings (SSSR count). The minimum absolute atomic E-state index is 0.384. The zero-order chi connectivity index (χ0) is 9.68. The first-order valence-electron chi connectivity index (χ1n) is 4.35. The van der Waals surface area contributed by atoms with Crippen LogP contribution >= 0.6 is 11.3 Å². The van der Waals surface area contributed by atoms with Gasteiger partial charge < -0.3 is 10.1 Å². The van der Waals surface area contributed by atoms with E-state index in [1.807, 2.05) is 6.92 Å². The number of methoxy groups -OCH3 is 1. The Bertz CT molecular complexity index is 250. The van der Waals surface area contributed by atoms with E-state index in [9.17, 15) is 0 Å². The molecule has 0 saturated heterocycles. The van der Waals surface area contributed by atoms with Gasteiger partial charge in [-0.1, -0.05) is 0 Å². The Morgan fingerprint density at radius 2 is 2.46 bits per heavy atom. The highest BCUT2D eigenvalue weighted by molar-refractivity contribution is 7.09. The van der Waals surface area contributed by atoms with Crippen molar-refractivity contribution in [1.29, 1.82) is 0 Å². The molecule has 0 aliphatic heterocycles. The van der Waals surface area contributed by atoms with Crippen LogP contribution in [0.25, 0.3) is 0 Å². The van der Waals surface area contributed by atoms with E-state index in [2.05, 4.69) is 22.6 Å². The second-order valence-corrected chi connectivity index (χ2v) is 4.06. The Morgan fingerprint density at radius 3 is 3.00 bits per heavy atom. The van der Waals surface area contributed by atoms with Crippen molar-refractivity contribution in [1.82, 2.24) is 10.3 Å². The third kappa shape index (κ3) is 3.85. The van der Waals surface area contributed by atoms with Crippen LogP contribution in [0.1, 0.15) is 17.6 Å². The van der Waals surface area contributed by atoms with Gasteiger partial charge in [-0.2, -0.15) is 0 Å². The monoisotopic (exact) mass is 200 g/mol. The second kappa shape index (κ2) is 5.32. The summed E-state index contributed by atoms with van der Waals surface area (Å²) >= 11 is 1.70. The molecule has 3 nitrogen and oxygen atoms in total. The van der Waals surface area contributed by atoms with Crippen molar-refractivity contribution in [2.24, 2.45) is 0 Å². The molecule has 0 spiro atoms. The Hall–Kier alpha value is -0.450. The van der Waals surface area contributed by atoms with Gasteiger partial charge in [0, 0.05) is 30.8 Å². The molecule has 1 heterocycles. The number of aromatic nitrogens is 1. The van der Waals surface area contributed by atoms with Crippen molar-refractivity contribution < 1.29 is 4.74 Å². The van der Waals surface area contributed by atoms with Gasteiger partial charge in [-0.25, -0.2) is 4.98 Å². The fraction of sp³-hybridized carbons (Fsp3) is 0.667. The lowest BCUT2D eigenvalue weighted by molar-refractivity contribution is 0.171. The topological polar surface area (TPSA) is 34.1 Å². The lowest BCUT2D eigenvalue weighted by atomic mass is 10.3. The zero-order valence-corrected chi connectivity index (χ0v) is 9.15. The normalized spacial score (nSPS) is 13.2. The first-order valence-corrected chi connectivity index (χ1v) is 5.23. The Kier molecular flexibility index (Phi) is 4.35. The Morgan fingerprint density at radius 1 is 1.69 bits per heavy atom. The van der Waals surface area contributed by atoms with Crippen molar-refractivity contribution in [3.05, 3.63) is 16.1 Å². The largest absolute Gasteiger partial charge is 0.383 e. The Balaban J connectivity index is 2.26. The molecule has 0 bridgehead atoms. The first kappa shape index (κ1) is 10.6. The third-order valence-corrected chi connectivity index (χ3v) is 2.65. The lowest BCUT2D eigenvalue weighted by Crippen LogP contribution is -2.29. The molecule has 0 radical (unpaired) electrons. The minimum atomic E-state index is 0.384. The summed E-state index contributed by atoms with van der Waals surface area (Å²) in [5, 5.41) is 6.54. The van der Waals surface area contributed by atoms with Crippen molar-refractivity contribution in [3.63, 3.8) is 0 Å². The smallest absolute Gasteiger partial charge is 0.107 e. The molecule has 0 aliphatic carbocycles. The predicted octanol–water partition coefficient (Wildman–Crippen LogP) is 1.58. The van der Waals surface area contributed by atoms with E-state index >= 15 is 0 Å². The van der Waals surface area contributed by atoms with Crippen LogP contribution in [0.15, 0.2) is 5.38 Å². The highest BCUT2D eigenvalue weighted by Gasteiger charge is 2.02. The maximum Gasteiger partial charge on any atom is 0.107 e. The third-order valence-electron chi connectivity index (χ3n) is 1.68. The van der Waals surface area contributed by atoms with Gasteiger partial charge >= 0.3 is 0 Å². The van der Waals surface area contributed by atoms with Gasteiger partial charge in [-0.3, -0.25) is 0 Å². The predicted molar refractivity (Wildman–Crippen MR) is 55.0 cm³/mol. The molecular weight excluding hydrogens is 184 g/mol. The second-order valence-electron chi connectivity index (χ2n) is 3.12. The number of ether oxygens (including phenoxy) is 1. The molecule has 0 aromatic carbocycles. The molecule has 74 valence electrons. The van der Waals surface area contributed by atoms with Gasteiger partial charge in [0.2, 0.25) is 0 Å². The lowest BCUT2D eigenvalue weighted by Gasteiger charge is -2.10. The van der Waals surface area contributed by atoms with Crippen LogP contribution in [0.4, 0.5) is 0 Å². The summed E-state index contributed by atoms with van der Waals surface area (Å²) in [6.45, 7) is 5.69. The number of nitrogens with one attached hydrogen (secondary N) is 1. The van der Waals surface area contributed by atoms with Crippen LogP contribution in [0.2, 0.25) is 0 Å². The SMILES string of the molecule is COCC(C)NCc1nc(C)cs1. The summed E-state index contributed by atoms with van der Waals surface area (Å²) < 4.78 is 5.02. The summed E-state index contributed by atoms with van der Waals surface area (Å²) in [5.41, 5.74) is 1.10. The number of hydrogen-bond donors (Lipinski definition) is 1. The minimum Gasteiger partial charge on any atom is -0.383 e.